The van der Waals surface area contributed by atoms with Gasteiger partial charge in [-0.1, -0.05) is 6.07 Å². The monoisotopic (exact) mass is 342 g/mol. The zero-order chi connectivity index (χ0) is 18.0. The van der Waals surface area contributed by atoms with E-state index in [1.165, 1.54) is 12.1 Å². The van der Waals surface area contributed by atoms with E-state index in [4.69, 9.17) is 0 Å². The average molecular weight is 342 g/mol. The second kappa shape index (κ2) is 7.17. The third kappa shape index (κ3) is 4.13. The molecule has 132 valence electrons. The van der Waals surface area contributed by atoms with Gasteiger partial charge in [-0.15, -0.1) is 0 Å². The maximum Gasteiger partial charge on any atom is 0.227 e. The van der Waals surface area contributed by atoms with Crippen molar-refractivity contribution in [2.24, 2.45) is 5.92 Å². The third-order valence-electron chi connectivity index (χ3n) is 4.58. The van der Waals surface area contributed by atoms with Gasteiger partial charge >= 0.3 is 0 Å². The zero-order valence-corrected chi connectivity index (χ0v) is 14.8. The van der Waals surface area contributed by atoms with E-state index in [1.54, 1.807) is 6.07 Å². The fourth-order valence-corrected chi connectivity index (χ4v) is 3.15. The molecule has 2 aromatic rings. The summed E-state index contributed by atoms with van der Waals surface area (Å²) in [4.78, 5) is 23.6. The van der Waals surface area contributed by atoms with Gasteiger partial charge in [-0.05, 0) is 57.4 Å². The first-order valence-electron chi connectivity index (χ1n) is 8.56. The number of aromatic nitrogens is 2. The molecule has 1 aliphatic rings. The Hall–Kier alpha value is -2.50. The molecule has 0 atom stereocenters. The number of hydrogen-bond acceptors (Lipinski definition) is 4. The van der Waals surface area contributed by atoms with Gasteiger partial charge in [0.05, 0.1) is 0 Å². The van der Waals surface area contributed by atoms with Crippen LogP contribution in [0.3, 0.4) is 0 Å². The average Bonchev–Trinajstić information content (AvgIpc) is 2.57. The molecule has 0 aliphatic carbocycles. The molecule has 3 rings (SSSR count). The van der Waals surface area contributed by atoms with Crippen molar-refractivity contribution >= 4 is 17.5 Å². The Morgan fingerprint density at radius 3 is 2.40 bits per heavy atom. The van der Waals surface area contributed by atoms with E-state index in [0.29, 0.717) is 5.69 Å². The number of hydrogen-bond donors (Lipinski definition) is 1. The molecule has 0 saturated carbocycles. The second-order valence-electron chi connectivity index (χ2n) is 6.66. The molecule has 0 bridgehead atoms. The summed E-state index contributed by atoms with van der Waals surface area (Å²) in [5.74, 6) is 0.263. The van der Waals surface area contributed by atoms with Gasteiger partial charge in [-0.3, -0.25) is 4.79 Å². The minimum absolute atomic E-state index is 0.0466. The van der Waals surface area contributed by atoms with E-state index in [2.05, 4.69) is 20.2 Å². The Kier molecular flexibility index (Phi) is 4.97. The normalized spacial score (nSPS) is 15.3. The number of rotatable bonds is 3. The topological polar surface area (TPSA) is 58.1 Å². The van der Waals surface area contributed by atoms with Crippen LogP contribution in [0, 0.1) is 32.5 Å². The van der Waals surface area contributed by atoms with Crippen LogP contribution in [0.5, 0.6) is 0 Å². The Bertz CT molecular complexity index is 765. The smallest absolute Gasteiger partial charge is 0.227 e. The van der Waals surface area contributed by atoms with Crippen LogP contribution in [0.2, 0.25) is 0 Å². The van der Waals surface area contributed by atoms with Gasteiger partial charge in [0.25, 0.3) is 0 Å². The number of piperidine rings is 1. The van der Waals surface area contributed by atoms with E-state index >= 15 is 0 Å². The van der Waals surface area contributed by atoms with Crippen molar-refractivity contribution in [3.05, 3.63) is 47.0 Å². The lowest BCUT2D eigenvalue weighted by Crippen LogP contribution is -2.39. The number of amides is 1. The van der Waals surface area contributed by atoms with E-state index in [0.717, 1.165) is 48.8 Å². The molecule has 6 heteroatoms. The fourth-order valence-electron chi connectivity index (χ4n) is 3.15. The molecule has 1 saturated heterocycles. The van der Waals surface area contributed by atoms with Crippen LogP contribution in [0.15, 0.2) is 24.3 Å². The Morgan fingerprint density at radius 2 is 1.76 bits per heavy atom. The molecule has 0 unspecified atom stereocenters. The van der Waals surface area contributed by atoms with Gasteiger partial charge in [0.15, 0.2) is 0 Å². The van der Waals surface area contributed by atoms with Crippen molar-refractivity contribution in [2.45, 2.75) is 33.6 Å². The fraction of sp³-hybridized carbons (Fsp3) is 0.421. The molecular weight excluding hydrogens is 319 g/mol. The summed E-state index contributed by atoms with van der Waals surface area (Å²) in [6.45, 7) is 7.25. The molecule has 1 aromatic heterocycles. The molecule has 1 amide bonds. The molecular formula is C19H23FN4O. The van der Waals surface area contributed by atoms with Crippen molar-refractivity contribution < 1.29 is 9.18 Å². The minimum atomic E-state index is -0.345. The second-order valence-corrected chi connectivity index (χ2v) is 6.66. The predicted octanol–water partition coefficient (Wildman–Crippen LogP) is 3.40. The first kappa shape index (κ1) is 17.3. The molecule has 0 spiro atoms. The van der Waals surface area contributed by atoms with Gasteiger partial charge in [-0.2, -0.15) is 0 Å². The summed E-state index contributed by atoms with van der Waals surface area (Å²) in [6, 6.07) is 6.38. The van der Waals surface area contributed by atoms with Crippen LogP contribution in [0.1, 0.15) is 29.8 Å². The van der Waals surface area contributed by atoms with Gasteiger partial charge in [0.1, 0.15) is 5.82 Å². The van der Waals surface area contributed by atoms with Crippen molar-refractivity contribution in [1.82, 2.24) is 9.97 Å². The van der Waals surface area contributed by atoms with Crippen molar-refractivity contribution in [3.8, 4) is 0 Å². The van der Waals surface area contributed by atoms with Crippen molar-refractivity contribution in [1.29, 1.82) is 0 Å². The van der Waals surface area contributed by atoms with Gasteiger partial charge < -0.3 is 10.2 Å². The standard InChI is InChI=1S/C19H23FN4O/c1-12-4-5-16(20)11-17(12)23-18(25)15-6-8-24(9-7-15)19-21-13(2)10-14(3)22-19/h4-5,10-11,15H,6-9H2,1-3H3,(H,23,25). The van der Waals surface area contributed by atoms with Crippen LogP contribution in [0.25, 0.3) is 0 Å². The number of benzene rings is 1. The van der Waals surface area contributed by atoms with Crippen molar-refractivity contribution in [2.75, 3.05) is 23.3 Å². The number of nitrogens with zero attached hydrogens (tertiary/aromatic N) is 3. The lowest BCUT2D eigenvalue weighted by Gasteiger charge is -2.31. The lowest BCUT2D eigenvalue weighted by molar-refractivity contribution is -0.120. The van der Waals surface area contributed by atoms with Gasteiger partial charge in [0.2, 0.25) is 11.9 Å². The zero-order valence-electron chi connectivity index (χ0n) is 14.8. The Morgan fingerprint density at radius 1 is 1.12 bits per heavy atom. The molecule has 25 heavy (non-hydrogen) atoms. The number of anilines is 2. The summed E-state index contributed by atoms with van der Waals surface area (Å²) in [5, 5.41) is 2.86. The van der Waals surface area contributed by atoms with Gasteiger partial charge in [0, 0.05) is 36.1 Å². The van der Waals surface area contributed by atoms with E-state index in [1.807, 2.05) is 26.8 Å². The maximum absolute atomic E-state index is 13.4. The van der Waals surface area contributed by atoms with Crippen LogP contribution in [-0.4, -0.2) is 29.0 Å². The summed E-state index contributed by atoms with van der Waals surface area (Å²) in [7, 11) is 0. The highest BCUT2D eigenvalue weighted by Crippen LogP contribution is 2.24. The quantitative estimate of drug-likeness (QED) is 0.929. The number of halogens is 1. The van der Waals surface area contributed by atoms with Crippen LogP contribution < -0.4 is 10.2 Å². The molecule has 1 aromatic carbocycles. The first-order valence-corrected chi connectivity index (χ1v) is 8.56. The highest BCUT2D eigenvalue weighted by Gasteiger charge is 2.26. The van der Waals surface area contributed by atoms with E-state index in [9.17, 15) is 9.18 Å². The SMILES string of the molecule is Cc1cc(C)nc(N2CCC(C(=O)Nc3cc(F)ccc3C)CC2)n1. The Balaban J connectivity index is 1.61. The molecule has 5 nitrogen and oxygen atoms in total. The summed E-state index contributed by atoms with van der Waals surface area (Å²) in [6.07, 6.45) is 1.47. The minimum Gasteiger partial charge on any atom is -0.341 e. The van der Waals surface area contributed by atoms with Crippen LogP contribution >= 0.6 is 0 Å². The van der Waals surface area contributed by atoms with Crippen LogP contribution in [-0.2, 0) is 4.79 Å². The summed E-state index contributed by atoms with van der Waals surface area (Å²) >= 11 is 0. The number of carbonyl (C=O) groups excluding carboxylic acids is 1. The maximum atomic E-state index is 13.4. The molecule has 1 aliphatic heterocycles. The summed E-state index contributed by atoms with van der Waals surface area (Å²) < 4.78 is 13.4. The third-order valence-corrected chi connectivity index (χ3v) is 4.58. The van der Waals surface area contributed by atoms with Crippen LogP contribution in [0.4, 0.5) is 16.0 Å². The Labute approximate surface area is 147 Å². The highest BCUT2D eigenvalue weighted by molar-refractivity contribution is 5.93. The van der Waals surface area contributed by atoms with E-state index in [-0.39, 0.29) is 17.6 Å². The summed E-state index contributed by atoms with van der Waals surface area (Å²) in [5.41, 5.74) is 3.30. The molecule has 2 heterocycles. The first-order chi connectivity index (χ1) is 11.9. The molecule has 1 N–H and O–H groups in total. The van der Waals surface area contributed by atoms with Crippen molar-refractivity contribution in [3.63, 3.8) is 0 Å². The predicted molar refractivity (Wildman–Crippen MR) is 96.2 cm³/mol. The number of carbonyl (C=O) groups is 1. The molecule has 0 radical (unpaired) electrons. The lowest BCUT2D eigenvalue weighted by atomic mass is 9.96. The number of aryl methyl sites for hydroxylation is 3. The largest absolute Gasteiger partial charge is 0.341 e. The molecule has 1 fully saturated rings. The number of nitrogens with one attached hydrogen (secondary N) is 1. The van der Waals surface area contributed by atoms with Gasteiger partial charge in [-0.25, -0.2) is 14.4 Å². The highest BCUT2D eigenvalue weighted by atomic mass is 19.1. The van der Waals surface area contributed by atoms with E-state index < -0.39 is 0 Å².